The standard InChI is InChI=1S/C17H13FN2O/c18-14-8-1-2-9-15(14)20-16(21)11-13-6-3-5-12-7-4-10-19-17(12)13/h1-10H,11H2,(H,20,21). The molecule has 1 amide bonds. The average Bonchev–Trinajstić information content (AvgIpc) is 2.50. The van der Waals surface area contributed by atoms with Gasteiger partial charge < -0.3 is 5.32 Å². The SMILES string of the molecule is O=C(Cc1cccc2cccnc12)Nc1ccccc1F. The highest BCUT2D eigenvalue weighted by atomic mass is 19.1. The number of anilines is 1. The molecule has 0 aliphatic carbocycles. The highest BCUT2D eigenvalue weighted by Crippen LogP contribution is 2.18. The Kier molecular flexibility index (Phi) is 3.60. The maximum absolute atomic E-state index is 13.5. The van der Waals surface area contributed by atoms with Gasteiger partial charge in [0.1, 0.15) is 5.82 Å². The van der Waals surface area contributed by atoms with Crippen molar-refractivity contribution in [2.24, 2.45) is 0 Å². The molecule has 0 unspecified atom stereocenters. The van der Waals surface area contributed by atoms with E-state index in [1.54, 1.807) is 18.3 Å². The van der Waals surface area contributed by atoms with Crippen molar-refractivity contribution in [3.8, 4) is 0 Å². The summed E-state index contributed by atoms with van der Waals surface area (Å²) < 4.78 is 13.5. The fraction of sp³-hybridized carbons (Fsp3) is 0.0588. The highest BCUT2D eigenvalue weighted by molar-refractivity contribution is 5.95. The van der Waals surface area contributed by atoms with Crippen LogP contribution in [-0.4, -0.2) is 10.9 Å². The minimum Gasteiger partial charge on any atom is -0.323 e. The second kappa shape index (κ2) is 5.71. The number of nitrogens with one attached hydrogen (secondary N) is 1. The zero-order valence-corrected chi connectivity index (χ0v) is 11.2. The monoisotopic (exact) mass is 280 g/mol. The Morgan fingerprint density at radius 3 is 2.71 bits per heavy atom. The zero-order valence-electron chi connectivity index (χ0n) is 11.2. The molecule has 0 aliphatic heterocycles. The molecule has 4 heteroatoms. The lowest BCUT2D eigenvalue weighted by atomic mass is 10.1. The van der Waals surface area contributed by atoms with Gasteiger partial charge in [0, 0.05) is 11.6 Å². The smallest absolute Gasteiger partial charge is 0.228 e. The van der Waals surface area contributed by atoms with E-state index in [4.69, 9.17) is 0 Å². The van der Waals surface area contributed by atoms with Crippen molar-refractivity contribution in [2.45, 2.75) is 6.42 Å². The number of halogens is 1. The summed E-state index contributed by atoms with van der Waals surface area (Å²) in [7, 11) is 0. The molecule has 0 bridgehead atoms. The van der Waals surface area contributed by atoms with Crippen molar-refractivity contribution < 1.29 is 9.18 Å². The molecule has 0 saturated heterocycles. The minimum atomic E-state index is -0.443. The molecule has 0 saturated carbocycles. The van der Waals surface area contributed by atoms with Gasteiger partial charge in [0.2, 0.25) is 5.91 Å². The fourth-order valence-corrected chi connectivity index (χ4v) is 2.24. The van der Waals surface area contributed by atoms with Gasteiger partial charge in [-0.1, -0.05) is 36.4 Å². The molecule has 1 N–H and O–H groups in total. The van der Waals surface area contributed by atoms with Crippen molar-refractivity contribution in [1.29, 1.82) is 0 Å². The predicted octanol–water partition coefficient (Wildman–Crippen LogP) is 3.56. The topological polar surface area (TPSA) is 42.0 Å². The first-order chi connectivity index (χ1) is 10.2. The van der Waals surface area contributed by atoms with Crippen LogP contribution in [0.4, 0.5) is 10.1 Å². The van der Waals surface area contributed by atoms with Crippen LogP contribution in [0, 0.1) is 5.82 Å². The van der Waals surface area contributed by atoms with E-state index in [9.17, 15) is 9.18 Å². The molecular weight excluding hydrogens is 267 g/mol. The van der Waals surface area contributed by atoms with Gasteiger partial charge in [0.05, 0.1) is 17.6 Å². The number of hydrogen-bond donors (Lipinski definition) is 1. The lowest BCUT2D eigenvalue weighted by molar-refractivity contribution is -0.115. The number of nitrogens with zero attached hydrogens (tertiary/aromatic N) is 1. The number of rotatable bonds is 3. The van der Waals surface area contributed by atoms with Gasteiger partial charge in [-0.15, -0.1) is 0 Å². The maximum atomic E-state index is 13.5. The van der Waals surface area contributed by atoms with E-state index in [2.05, 4.69) is 10.3 Å². The van der Waals surface area contributed by atoms with Crippen molar-refractivity contribution >= 4 is 22.5 Å². The summed E-state index contributed by atoms with van der Waals surface area (Å²) in [5.41, 5.74) is 1.81. The number of para-hydroxylation sites is 2. The summed E-state index contributed by atoms with van der Waals surface area (Å²) >= 11 is 0. The first kappa shape index (κ1) is 13.2. The third-order valence-corrected chi connectivity index (χ3v) is 3.22. The van der Waals surface area contributed by atoms with Gasteiger partial charge in [-0.2, -0.15) is 0 Å². The van der Waals surface area contributed by atoms with E-state index in [1.165, 1.54) is 12.1 Å². The Bertz CT molecular complexity index is 796. The zero-order chi connectivity index (χ0) is 14.7. The molecule has 104 valence electrons. The molecule has 0 radical (unpaired) electrons. The van der Waals surface area contributed by atoms with Crippen LogP contribution in [-0.2, 0) is 11.2 Å². The predicted molar refractivity (Wildman–Crippen MR) is 80.5 cm³/mol. The molecule has 1 heterocycles. The van der Waals surface area contributed by atoms with E-state index in [1.807, 2.05) is 30.3 Å². The molecule has 21 heavy (non-hydrogen) atoms. The Hall–Kier alpha value is -2.75. The van der Waals surface area contributed by atoms with E-state index >= 15 is 0 Å². The average molecular weight is 280 g/mol. The van der Waals surface area contributed by atoms with Crippen molar-refractivity contribution in [3.63, 3.8) is 0 Å². The van der Waals surface area contributed by atoms with Gasteiger partial charge in [0.25, 0.3) is 0 Å². The van der Waals surface area contributed by atoms with E-state index in [0.29, 0.717) is 0 Å². The van der Waals surface area contributed by atoms with Crippen LogP contribution >= 0.6 is 0 Å². The number of carbonyl (C=O) groups is 1. The molecule has 3 aromatic rings. The third-order valence-electron chi connectivity index (χ3n) is 3.22. The fourth-order valence-electron chi connectivity index (χ4n) is 2.24. The largest absolute Gasteiger partial charge is 0.323 e. The molecule has 0 aliphatic rings. The molecule has 3 nitrogen and oxygen atoms in total. The lowest BCUT2D eigenvalue weighted by Crippen LogP contribution is -2.15. The van der Waals surface area contributed by atoms with Gasteiger partial charge in [-0.3, -0.25) is 9.78 Å². The van der Waals surface area contributed by atoms with Crippen LogP contribution in [0.25, 0.3) is 10.9 Å². The van der Waals surface area contributed by atoms with Gasteiger partial charge >= 0.3 is 0 Å². The maximum Gasteiger partial charge on any atom is 0.228 e. The number of benzene rings is 2. The molecule has 0 fully saturated rings. The summed E-state index contributed by atoms with van der Waals surface area (Å²) in [5, 5.41) is 3.56. The van der Waals surface area contributed by atoms with Crippen LogP contribution in [0.1, 0.15) is 5.56 Å². The van der Waals surface area contributed by atoms with Crippen molar-refractivity contribution in [1.82, 2.24) is 4.98 Å². The molecule has 1 aromatic heterocycles. The first-order valence-electron chi connectivity index (χ1n) is 6.61. The van der Waals surface area contributed by atoms with Crippen LogP contribution < -0.4 is 5.32 Å². The number of amides is 1. The number of fused-ring (bicyclic) bond motifs is 1. The molecule has 0 spiro atoms. The minimum absolute atomic E-state index is 0.155. The summed E-state index contributed by atoms with van der Waals surface area (Å²) in [6.07, 6.45) is 1.85. The summed E-state index contributed by atoms with van der Waals surface area (Å²) in [5.74, 6) is -0.708. The van der Waals surface area contributed by atoms with Gasteiger partial charge in [0.15, 0.2) is 0 Å². The molecule has 3 rings (SSSR count). The number of aromatic nitrogens is 1. The van der Waals surface area contributed by atoms with Crippen LogP contribution in [0.5, 0.6) is 0 Å². The number of pyridine rings is 1. The Balaban J connectivity index is 1.82. The van der Waals surface area contributed by atoms with Crippen LogP contribution in [0.3, 0.4) is 0 Å². The number of hydrogen-bond acceptors (Lipinski definition) is 2. The van der Waals surface area contributed by atoms with Crippen LogP contribution in [0.2, 0.25) is 0 Å². The van der Waals surface area contributed by atoms with Crippen molar-refractivity contribution in [3.05, 3.63) is 72.2 Å². The lowest BCUT2D eigenvalue weighted by Gasteiger charge is -2.08. The highest BCUT2D eigenvalue weighted by Gasteiger charge is 2.09. The Labute approximate surface area is 121 Å². The second-order valence-corrected chi connectivity index (χ2v) is 4.70. The Morgan fingerprint density at radius 1 is 1.05 bits per heavy atom. The third kappa shape index (κ3) is 2.89. The number of carbonyl (C=O) groups excluding carboxylic acids is 1. The van der Waals surface area contributed by atoms with Crippen molar-refractivity contribution in [2.75, 3.05) is 5.32 Å². The molecular formula is C17H13FN2O. The van der Waals surface area contributed by atoms with Crippen LogP contribution in [0.15, 0.2) is 60.8 Å². The normalized spacial score (nSPS) is 10.5. The Morgan fingerprint density at radius 2 is 1.86 bits per heavy atom. The van der Waals surface area contributed by atoms with Gasteiger partial charge in [-0.25, -0.2) is 4.39 Å². The van der Waals surface area contributed by atoms with E-state index < -0.39 is 5.82 Å². The quantitative estimate of drug-likeness (QED) is 0.797. The first-order valence-corrected chi connectivity index (χ1v) is 6.61. The molecule has 2 aromatic carbocycles. The van der Waals surface area contributed by atoms with E-state index in [-0.39, 0.29) is 18.0 Å². The second-order valence-electron chi connectivity index (χ2n) is 4.70. The summed E-state index contributed by atoms with van der Waals surface area (Å²) in [4.78, 5) is 16.4. The van der Waals surface area contributed by atoms with Gasteiger partial charge in [-0.05, 0) is 23.8 Å². The summed E-state index contributed by atoms with van der Waals surface area (Å²) in [6, 6.07) is 15.6. The molecule has 0 atom stereocenters. The van der Waals surface area contributed by atoms with E-state index in [0.717, 1.165) is 16.5 Å². The summed E-state index contributed by atoms with van der Waals surface area (Å²) in [6.45, 7) is 0.